The zero-order valence-electron chi connectivity index (χ0n) is 10.1. The highest BCUT2D eigenvalue weighted by Gasteiger charge is 2.10. The van der Waals surface area contributed by atoms with Gasteiger partial charge in [-0.15, -0.1) is 0 Å². The van der Waals surface area contributed by atoms with E-state index in [9.17, 15) is 8.42 Å². The summed E-state index contributed by atoms with van der Waals surface area (Å²) >= 11 is 0. The van der Waals surface area contributed by atoms with Gasteiger partial charge in [0.15, 0.2) is 9.84 Å². The molecular formula is C13H19O2S. The highest BCUT2D eigenvalue weighted by Crippen LogP contribution is 2.17. The van der Waals surface area contributed by atoms with Gasteiger partial charge in [-0.3, -0.25) is 0 Å². The first kappa shape index (κ1) is 13.2. The highest BCUT2D eigenvalue weighted by atomic mass is 32.2. The topological polar surface area (TPSA) is 34.1 Å². The predicted molar refractivity (Wildman–Crippen MR) is 66.9 cm³/mol. The molecule has 0 aromatic heterocycles. The van der Waals surface area contributed by atoms with Crippen molar-refractivity contribution in [1.29, 1.82) is 0 Å². The van der Waals surface area contributed by atoms with Crippen molar-refractivity contribution in [2.75, 3.05) is 6.26 Å². The predicted octanol–water partition coefficient (Wildman–Crippen LogP) is 2.74. The van der Waals surface area contributed by atoms with Crippen LogP contribution in [0.25, 0.3) is 0 Å². The van der Waals surface area contributed by atoms with Crippen LogP contribution in [0.3, 0.4) is 0 Å². The number of rotatable bonds is 4. The first-order valence-electron chi connectivity index (χ1n) is 5.43. The standard InChI is InChI=1S/C13H19O2S/c1-10(2)11(3)9-12-5-7-13(8-6-12)16(4,14)15/h5-8,10-11H,1,9H2,2-4H3. The molecule has 16 heavy (non-hydrogen) atoms. The zero-order chi connectivity index (χ0) is 12.3. The number of benzene rings is 1. The van der Waals surface area contributed by atoms with E-state index in [-0.39, 0.29) is 0 Å². The van der Waals surface area contributed by atoms with E-state index in [1.165, 1.54) is 6.26 Å². The van der Waals surface area contributed by atoms with Gasteiger partial charge < -0.3 is 0 Å². The van der Waals surface area contributed by atoms with Crippen LogP contribution in [0.15, 0.2) is 29.2 Å². The van der Waals surface area contributed by atoms with E-state index >= 15 is 0 Å². The molecule has 0 saturated heterocycles. The van der Waals surface area contributed by atoms with Crippen LogP contribution in [0.5, 0.6) is 0 Å². The molecule has 0 amide bonds. The quantitative estimate of drug-likeness (QED) is 0.809. The third-order valence-electron chi connectivity index (χ3n) is 2.88. The molecule has 0 fully saturated rings. The molecule has 0 aliphatic heterocycles. The molecule has 0 bridgehead atoms. The molecule has 89 valence electrons. The van der Waals surface area contributed by atoms with E-state index in [4.69, 9.17) is 0 Å². The monoisotopic (exact) mass is 239 g/mol. The van der Waals surface area contributed by atoms with Crippen LogP contribution in [0, 0.1) is 18.8 Å². The van der Waals surface area contributed by atoms with Crippen LogP contribution in [-0.2, 0) is 16.3 Å². The van der Waals surface area contributed by atoms with Crippen molar-refractivity contribution >= 4 is 9.84 Å². The highest BCUT2D eigenvalue weighted by molar-refractivity contribution is 7.90. The lowest BCUT2D eigenvalue weighted by atomic mass is 9.91. The molecule has 3 heteroatoms. The lowest BCUT2D eigenvalue weighted by molar-refractivity contribution is 0.454. The maximum Gasteiger partial charge on any atom is 0.175 e. The summed E-state index contributed by atoms with van der Waals surface area (Å²) in [6.07, 6.45) is 2.16. The van der Waals surface area contributed by atoms with Crippen LogP contribution in [-0.4, -0.2) is 14.7 Å². The van der Waals surface area contributed by atoms with Gasteiger partial charge in [-0.2, -0.15) is 0 Å². The summed E-state index contributed by atoms with van der Waals surface area (Å²) in [7, 11) is -3.08. The van der Waals surface area contributed by atoms with E-state index in [1.54, 1.807) is 12.1 Å². The maximum absolute atomic E-state index is 11.3. The van der Waals surface area contributed by atoms with Crippen molar-refractivity contribution in [3.8, 4) is 0 Å². The Bertz CT molecular complexity index is 430. The SMILES string of the molecule is [CH2]C(C)C(C)Cc1ccc(S(C)(=O)=O)cc1. The largest absolute Gasteiger partial charge is 0.224 e. The zero-order valence-corrected chi connectivity index (χ0v) is 10.9. The summed E-state index contributed by atoms with van der Waals surface area (Å²) in [4.78, 5) is 0.381. The molecule has 1 rings (SSSR count). The average molecular weight is 239 g/mol. The third kappa shape index (κ3) is 3.63. The molecule has 0 saturated carbocycles. The molecule has 1 aromatic rings. The molecule has 2 nitrogen and oxygen atoms in total. The van der Waals surface area contributed by atoms with E-state index in [0.29, 0.717) is 16.7 Å². The van der Waals surface area contributed by atoms with Crippen LogP contribution in [0.1, 0.15) is 19.4 Å². The Morgan fingerprint density at radius 3 is 2.06 bits per heavy atom. The second kappa shape index (κ2) is 5.00. The Balaban J connectivity index is 2.80. The fourth-order valence-electron chi connectivity index (χ4n) is 1.45. The van der Waals surface area contributed by atoms with Crippen molar-refractivity contribution in [1.82, 2.24) is 0 Å². The van der Waals surface area contributed by atoms with Crippen molar-refractivity contribution in [3.05, 3.63) is 36.8 Å². The number of sulfone groups is 1. The summed E-state index contributed by atoms with van der Waals surface area (Å²) in [5.41, 5.74) is 1.16. The van der Waals surface area contributed by atoms with Crippen molar-refractivity contribution < 1.29 is 8.42 Å². The van der Waals surface area contributed by atoms with Gasteiger partial charge in [0.1, 0.15) is 0 Å². The van der Waals surface area contributed by atoms with Crippen molar-refractivity contribution in [3.63, 3.8) is 0 Å². The summed E-state index contributed by atoms with van der Waals surface area (Å²) in [6, 6.07) is 7.11. The second-order valence-corrected chi connectivity index (χ2v) is 6.59. The maximum atomic E-state index is 11.3. The second-order valence-electron chi connectivity index (χ2n) is 4.57. The molecule has 0 aliphatic carbocycles. The minimum Gasteiger partial charge on any atom is -0.224 e. The molecule has 0 aliphatic rings. The molecule has 1 radical (unpaired) electrons. The lowest BCUT2D eigenvalue weighted by Crippen LogP contribution is -2.07. The number of hydrogen-bond acceptors (Lipinski definition) is 2. The minimum atomic E-state index is -3.08. The minimum absolute atomic E-state index is 0.381. The van der Waals surface area contributed by atoms with Crippen molar-refractivity contribution in [2.45, 2.75) is 25.2 Å². The Morgan fingerprint density at radius 1 is 1.19 bits per heavy atom. The van der Waals surface area contributed by atoms with E-state index in [1.807, 2.05) is 12.1 Å². The van der Waals surface area contributed by atoms with Crippen LogP contribution < -0.4 is 0 Å². The average Bonchev–Trinajstić information content (AvgIpc) is 2.17. The molecule has 0 N–H and O–H groups in total. The summed E-state index contributed by atoms with van der Waals surface area (Å²) in [5, 5.41) is 0. The van der Waals surface area contributed by atoms with E-state index in [0.717, 1.165) is 12.0 Å². The molecular weight excluding hydrogens is 220 g/mol. The Labute approximate surface area is 98.6 Å². The third-order valence-corrected chi connectivity index (χ3v) is 4.01. The van der Waals surface area contributed by atoms with Gasteiger partial charge in [0.25, 0.3) is 0 Å². The molecule has 2 unspecified atom stereocenters. The summed E-state index contributed by atoms with van der Waals surface area (Å²) in [6.45, 7) is 8.24. The van der Waals surface area contributed by atoms with E-state index in [2.05, 4.69) is 20.8 Å². The van der Waals surface area contributed by atoms with Crippen LogP contribution >= 0.6 is 0 Å². The molecule has 2 atom stereocenters. The van der Waals surface area contributed by atoms with Crippen molar-refractivity contribution in [2.24, 2.45) is 11.8 Å². The van der Waals surface area contributed by atoms with Gasteiger partial charge >= 0.3 is 0 Å². The van der Waals surface area contributed by atoms with Gasteiger partial charge in [0, 0.05) is 6.26 Å². The van der Waals surface area contributed by atoms with Gasteiger partial charge in [-0.1, -0.05) is 32.9 Å². The van der Waals surface area contributed by atoms with E-state index < -0.39 is 9.84 Å². The number of hydrogen-bond donors (Lipinski definition) is 0. The smallest absolute Gasteiger partial charge is 0.175 e. The van der Waals surface area contributed by atoms with Gasteiger partial charge in [-0.25, -0.2) is 8.42 Å². The lowest BCUT2D eigenvalue weighted by Gasteiger charge is -2.15. The normalized spacial score (nSPS) is 14.1. The Kier molecular flexibility index (Phi) is 4.14. The Morgan fingerprint density at radius 2 is 1.69 bits per heavy atom. The fourth-order valence-corrected chi connectivity index (χ4v) is 2.08. The molecule has 0 heterocycles. The Hall–Kier alpha value is -0.830. The van der Waals surface area contributed by atoms with Crippen LogP contribution in [0.2, 0.25) is 0 Å². The molecule has 1 aromatic carbocycles. The fraction of sp³-hybridized carbons (Fsp3) is 0.462. The van der Waals surface area contributed by atoms with Gasteiger partial charge in [-0.05, 0) is 36.0 Å². The summed E-state index contributed by atoms with van der Waals surface area (Å²) in [5.74, 6) is 0.902. The van der Waals surface area contributed by atoms with Crippen LogP contribution in [0.4, 0.5) is 0 Å². The summed E-state index contributed by atoms with van der Waals surface area (Å²) < 4.78 is 22.5. The first-order valence-corrected chi connectivity index (χ1v) is 7.32. The molecule has 0 spiro atoms. The van der Waals surface area contributed by atoms with Gasteiger partial charge in [0.2, 0.25) is 0 Å². The van der Waals surface area contributed by atoms with Gasteiger partial charge in [0.05, 0.1) is 4.90 Å². The first-order chi connectivity index (χ1) is 7.30.